The molecule has 3 N–H and O–H groups in total. The van der Waals surface area contributed by atoms with Crippen LogP contribution < -0.4 is 11.1 Å². The molecule has 5 heteroatoms. The van der Waals surface area contributed by atoms with Crippen LogP contribution in [0.1, 0.15) is 45.4 Å². The summed E-state index contributed by atoms with van der Waals surface area (Å²) in [5.74, 6) is 0.507. The number of nitrogens with zero attached hydrogens (tertiary/aromatic N) is 1. The molecule has 0 radical (unpaired) electrons. The molecule has 1 aliphatic carbocycles. The highest BCUT2D eigenvalue weighted by atomic mass is 16.2. The van der Waals surface area contributed by atoms with Gasteiger partial charge in [0.2, 0.25) is 11.8 Å². The number of likely N-dealkylation sites (tertiary alicyclic amines) is 1. The summed E-state index contributed by atoms with van der Waals surface area (Å²) in [7, 11) is 0. The average molecular weight is 281 g/mol. The van der Waals surface area contributed by atoms with E-state index in [-0.39, 0.29) is 17.7 Å². The number of carbonyl (C=O) groups is 2. The molecule has 1 heterocycles. The second kappa shape index (κ2) is 7.07. The number of carbonyl (C=O) groups excluding carboxylic acids is 2. The van der Waals surface area contributed by atoms with Gasteiger partial charge >= 0.3 is 0 Å². The van der Waals surface area contributed by atoms with Crippen molar-refractivity contribution in [3.05, 3.63) is 0 Å². The van der Waals surface area contributed by atoms with Crippen molar-refractivity contribution in [2.45, 2.75) is 51.5 Å². The van der Waals surface area contributed by atoms with Gasteiger partial charge in [0.1, 0.15) is 0 Å². The van der Waals surface area contributed by atoms with E-state index in [2.05, 4.69) is 17.1 Å². The van der Waals surface area contributed by atoms with Crippen LogP contribution in [-0.4, -0.2) is 42.4 Å². The summed E-state index contributed by atoms with van der Waals surface area (Å²) in [6, 6.07) is 0.347. The highest BCUT2D eigenvalue weighted by Gasteiger charge is 2.26. The van der Waals surface area contributed by atoms with Gasteiger partial charge in [0.05, 0.1) is 6.54 Å². The molecule has 1 saturated carbocycles. The zero-order valence-corrected chi connectivity index (χ0v) is 12.4. The lowest BCUT2D eigenvalue weighted by Gasteiger charge is -2.32. The van der Waals surface area contributed by atoms with Crippen molar-refractivity contribution in [1.29, 1.82) is 0 Å². The van der Waals surface area contributed by atoms with Crippen molar-refractivity contribution in [3.8, 4) is 0 Å². The number of hydrogen-bond donors (Lipinski definition) is 2. The van der Waals surface area contributed by atoms with Crippen LogP contribution in [0, 0.1) is 11.8 Å². The van der Waals surface area contributed by atoms with Crippen LogP contribution in [0.2, 0.25) is 0 Å². The van der Waals surface area contributed by atoms with E-state index in [1.807, 2.05) is 0 Å². The fraction of sp³-hybridized carbons (Fsp3) is 0.867. The predicted octanol–water partition coefficient (Wildman–Crippen LogP) is 0.879. The first kappa shape index (κ1) is 15.3. The van der Waals surface area contributed by atoms with Crippen molar-refractivity contribution in [2.75, 3.05) is 19.6 Å². The molecule has 2 fully saturated rings. The molecule has 0 aromatic rings. The second-order valence-electron chi connectivity index (χ2n) is 6.39. The van der Waals surface area contributed by atoms with Gasteiger partial charge < -0.3 is 11.1 Å². The van der Waals surface area contributed by atoms with E-state index in [1.165, 1.54) is 19.3 Å². The largest absolute Gasteiger partial charge is 0.369 e. The van der Waals surface area contributed by atoms with E-state index < -0.39 is 0 Å². The number of nitrogens with two attached hydrogens (primary N) is 1. The molecule has 0 aromatic carbocycles. The molecule has 0 aromatic heterocycles. The lowest BCUT2D eigenvalue weighted by molar-refractivity contribution is -0.125. The van der Waals surface area contributed by atoms with Crippen LogP contribution in [0.15, 0.2) is 0 Å². The summed E-state index contributed by atoms with van der Waals surface area (Å²) in [4.78, 5) is 25.3. The number of amides is 2. The first-order chi connectivity index (χ1) is 9.56. The van der Waals surface area contributed by atoms with E-state index in [9.17, 15) is 9.59 Å². The maximum atomic E-state index is 12.1. The van der Waals surface area contributed by atoms with Gasteiger partial charge in [-0.1, -0.05) is 19.8 Å². The zero-order valence-electron chi connectivity index (χ0n) is 12.4. The monoisotopic (exact) mass is 281 g/mol. The van der Waals surface area contributed by atoms with E-state index in [0.717, 1.165) is 32.4 Å². The van der Waals surface area contributed by atoms with Gasteiger partial charge in [0.25, 0.3) is 0 Å². The van der Waals surface area contributed by atoms with E-state index in [1.54, 1.807) is 0 Å². The topological polar surface area (TPSA) is 75.4 Å². The minimum atomic E-state index is -0.204. The summed E-state index contributed by atoms with van der Waals surface area (Å²) in [5, 5.41) is 3.18. The van der Waals surface area contributed by atoms with Gasteiger partial charge in [0.15, 0.2) is 0 Å². The van der Waals surface area contributed by atoms with Crippen molar-refractivity contribution in [2.24, 2.45) is 17.6 Å². The fourth-order valence-electron chi connectivity index (χ4n) is 3.36. The second-order valence-corrected chi connectivity index (χ2v) is 6.39. The van der Waals surface area contributed by atoms with Crippen LogP contribution in [0.3, 0.4) is 0 Å². The number of hydrogen-bond acceptors (Lipinski definition) is 3. The Labute approximate surface area is 121 Å². The van der Waals surface area contributed by atoms with Gasteiger partial charge in [0, 0.05) is 12.0 Å². The average Bonchev–Trinajstić information content (AvgIpc) is 2.42. The maximum absolute atomic E-state index is 12.1. The molecule has 1 saturated heterocycles. The van der Waals surface area contributed by atoms with Crippen LogP contribution in [0.25, 0.3) is 0 Å². The SMILES string of the molecule is C[C@H]1CCCC[C@H]1NC(=O)CN1CCC(C(N)=O)CC1. The van der Waals surface area contributed by atoms with Gasteiger partial charge in [-0.05, 0) is 44.7 Å². The Balaban J connectivity index is 1.71. The molecule has 5 nitrogen and oxygen atoms in total. The summed E-state index contributed by atoms with van der Waals surface area (Å²) in [5.41, 5.74) is 5.32. The van der Waals surface area contributed by atoms with Crippen molar-refractivity contribution < 1.29 is 9.59 Å². The highest BCUT2D eigenvalue weighted by molar-refractivity contribution is 5.79. The number of primary amides is 1. The maximum Gasteiger partial charge on any atom is 0.234 e. The molecule has 2 aliphatic rings. The Kier molecular flexibility index (Phi) is 5.40. The normalized spacial score (nSPS) is 29.1. The van der Waals surface area contributed by atoms with Crippen LogP contribution in [-0.2, 0) is 9.59 Å². The Bertz CT molecular complexity index is 351. The summed E-state index contributed by atoms with van der Waals surface area (Å²) in [6.07, 6.45) is 6.39. The molecule has 2 rings (SSSR count). The number of rotatable bonds is 4. The predicted molar refractivity (Wildman–Crippen MR) is 77.9 cm³/mol. The number of piperidine rings is 1. The zero-order chi connectivity index (χ0) is 14.5. The molecular weight excluding hydrogens is 254 g/mol. The molecule has 0 bridgehead atoms. The summed E-state index contributed by atoms with van der Waals surface area (Å²) < 4.78 is 0. The van der Waals surface area contributed by atoms with Crippen molar-refractivity contribution in [3.63, 3.8) is 0 Å². The Morgan fingerprint density at radius 3 is 2.40 bits per heavy atom. The van der Waals surface area contributed by atoms with E-state index >= 15 is 0 Å². The van der Waals surface area contributed by atoms with Crippen molar-refractivity contribution >= 4 is 11.8 Å². The third-order valence-corrected chi connectivity index (χ3v) is 4.82. The molecule has 114 valence electrons. The van der Waals surface area contributed by atoms with Crippen LogP contribution in [0.5, 0.6) is 0 Å². The Hall–Kier alpha value is -1.10. The van der Waals surface area contributed by atoms with Crippen molar-refractivity contribution in [1.82, 2.24) is 10.2 Å². The Morgan fingerprint density at radius 2 is 1.80 bits per heavy atom. The summed E-state index contributed by atoms with van der Waals surface area (Å²) >= 11 is 0. The van der Waals surface area contributed by atoms with E-state index in [0.29, 0.717) is 18.5 Å². The lowest BCUT2D eigenvalue weighted by Crippen LogP contribution is -2.47. The third kappa shape index (κ3) is 4.20. The Morgan fingerprint density at radius 1 is 1.15 bits per heavy atom. The standard InChI is InChI=1S/C15H27N3O2/c1-11-4-2-3-5-13(11)17-14(19)10-18-8-6-12(7-9-18)15(16)20/h11-13H,2-10H2,1H3,(H2,16,20)(H,17,19)/t11-,13+/m0/s1. The molecule has 20 heavy (non-hydrogen) atoms. The molecule has 2 atom stereocenters. The summed E-state index contributed by atoms with van der Waals surface area (Å²) in [6.45, 7) is 4.26. The van der Waals surface area contributed by atoms with Gasteiger partial charge in [-0.3, -0.25) is 14.5 Å². The first-order valence-electron chi connectivity index (χ1n) is 7.87. The van der Waals surface area contributed by atoms with Gasteiger partial charge in [-0.2, -0.15) is 0 Å². The molecule has 2 amide bonds. The quantitative estimate of drug-likeness (QED) is 0.803. The minimum absolute atomic E-state index is 0.00678. The first-order valence-corrected chi connectivity index (χ1v) is 7.87. The smallest absolute Gasteiger partial charge is 0.234 e. The molecule has 1 aliphatic heterocycles. The fourth-order valence-corrected chi connectivity index (χ4v) is 3.36. The molecule has 0 spiro atoms. The van der Waals surface area contributed by atoms with E-state index in [4.69, 9.17) is 5.73 Å². The minimum Gasteiger partial charge on any atom is -0.369 e. The van der Waals surface area contributed by atoms with Crippen LogP contribution >= 0.6 is 0 Å². The van der Waals surface area contributed by atoms with Gasteiger partial charge in [-0.15, -0.1) is 0 Å². The number of nitrogens with one attached hydrogen (secondary N) is 1. The third-order valence-electron chi connectivity index (χ3n) is 4.82. The molecule has 0 unspecified atom stereocenters. The van der Waals surface area contributed by atoms with Gasteiger partial charge in [-0.25, -0.2) is 0 Å². The molecular formula is C15H27N3O2. The highest BCUT2D eigenvalue weighted by Crippen LogP contribution is 2.23. The van der Waals surface area contributed by atoms with Crippen LogP contribution in [0.4, 0.5) is 0 Å². The lowest BCUT2D eigenvalue weighted by atomic mass is 9.86.